The molecular weight excluding hydrogens is 568 g/mol. The summed E-state index contributed by atoms with van der Waals surface area (Å²) in [6, 6.07) is 32.7. The van der Waals surface area contributed by atoms with Crippen LogP contribution in [0.15, 0.2) is 115 Å². The lowest BCUT2D eigenvalue weighted by Crippen LogP contribution is -2.54. The molecule has 224 valence electrons. The van der Waals surface area contributed by atoms with Crippen molar-refractivity contribution in [2.45, 2.75) is 20.1 Å². The minimum Gasteiger partial charge on any atom is -0.497 e. The zero-order chi connectivity index (χ0) is 31.3. The molecule has 1 aliphatic heterocycles. The van der Waals surface area contributed by atoms with Gasteiger partial charge >= 0.3 is 6.03 Å². The molecular formula is C37H30N2O6. The molecule has 0 spiro atoms. The number of nitrogens with one attached hydrogen (secondary N) is 1. The monoisotopic (exact) mass is 598 g/mol. The lowest BCUT2D eigenvalue weighted by atomic mass is 10.0. The Morgan fingerprint density at radius 1 is 0.756 bits per heavy atom. The van der Waals surface area contributed by atoms with E-state index >= 15 is 0 Å². The average Bonchev–Trinajstić information content (AvgIpc) is 3.06. The number of benzene rings is 5. The van der Waals surface area contributed by atoms with Crippen LogP contribution in [0.2, 0.25) is 0 Å². The van der Waals surface area contributed by atoms with Gasteiger partial charge in [0.2, 0.25) is 0 Å². The Morgan fingerprint density at radius 2 is 1.49 bits per heavy atom. The number of carbonyl (C=O) groups excluding carboxylic acids is 3. The van der Waals surface area contributed by atoms with Crippen molar-refractivity contribution in [1.29, 1.82) is 0 Å². The second-order valence-corrected chi connectivity index (χ2v) is 10.5. The molecule has 5 aromatic rings. The summed E-state index contributed by atoms with van der Waals surface area (Å²) in [4.78, 5) is 40.3. The van der Waals surface area contributed by atoms with Crippen molar-refractivity contribution in [2.24, 2.45) is 0 Å². The van der Waals surface area contributed by atoms with E-state index in [9.17, 15) is 14.4 Å². The predicted octanol–water partition coefficient (Wildman–Crippen LogP) is 6.98. The van der Waals surface area contributed by atoms with Gasteiger partial charge in [0.05, 0.1) is 12.8 Å². The number of nitrogens with zero attached hydrogens (tertiary/aromatic N) is 1. The molecule has 0 aromatic heterocycles. The number of methoxy groups -OCH3 is 1. The molecule has 1 saturated heterocycles. The van der Waals surface area contributed by atoms with Gasteiger partial charge in [0, 0.05) is 17.2 Å². The minimum atomic E-state index is -0.835. The smallest absolute Gasteiger partial charge is 0.335 e. The van der Waals surface area contributed by atoms with E-state index in [0.29, 0.717) is 35.1 Å². The molecule has 1 N–H and O–H groups in total. The van der Waals surface area contributed by atoms with Crippen molar-refractivity contribution < 1.29 is 28.6 Å². The van der Waals surface area contributed by atoms with Gasteiger partial charge in [0.1, 0.15) is 36.0 Å². The highest BCUT2D eigenvalue weighted by Crippen LogP contribution is 2.31. The molecule has 5 aromatic carbocycles. The van der Waals surface area contributed by atoms with E-state index in [1.165, 1.54) is 6.08 Å². The highest BCUT2D eigenvalue weighted by atomic mass is 16.5. The molecule has 6 rings (SSSR count). The third kappa shape index (κ3) is 6.26. The maximum Gasteiger partial charge on any atom is 0.335 e. The summed E-state index contributed by atoms with van der Waals surface area (Å²) < 4.78 is 17.6. The summed E-state index contributed by atoms with van der Waals surface area (Å²) in [5, 5.41) is 4.45. The molecule has 8 nitrogen and oxygen atoms in total. The summed E-state index contributed by atoms with van der Waals surface area (Å²) in [5.41, 5.74) is 3.66. The fourth-order valence-electron chi connectivity index (χ4n) is 5.15. The fourth-order valence-corrected chi connectivity index (χ4v) is 5.15. The number of hydrogen-bond donors (Lipinski definition) is 1. The molecule has 0 saturated carbocycles. The van der Waals surface area contributed by atoms with Crippen LogP contribution in [-0.2, 0) is 22.8 Å². The Labute approximate surface area is 260 Å². The summed E-state index contributed by atoms with van der Waals surface area (Å²) in [5.74, 6) is -0.0180. The van der Waals surface area contributed by atoms with Crippen LogP contribution < -0.4 is 24.4 Å². The van der Waals surface area contributed by atoms with Crippen molar-refractivity contribution in [3.05, 3.63) is 137 Å². The first-order valence-electron chi connectivity index (χ1n) is 14.4. The number of ether oxygens (including phenoxy) is 3. The Kier molecular flexibility index (Phi) is 8.28. The molecule has 0 bridgehead atoms. The Bertz CT molecular complexity index is 1930. The van der Waals surface area contributed by atoms with Crippen LogP contribution in [0, 0.1) is 6.92 Å². The van der Waals surface area contributed by atoms with Crippen molar-refractivity contribution in [3.8, 4) is 17.2 Å². The highest BCUT2D eigenvalue weighted by Gasteiger charge is 2.37. The quantitative estimate of drug-likeness (QED) is 0.145. The van der Waals surface area contributed by atoms with E-state index in [-0.39, 0.29) is 12.2 Å². The predicted molar refractivity (Wildman–Crippen MR) is 172 cm³/mol. The number of rotatable bonds is 9. The van der Waals surface area contributed by atoms with Crippen LogP contribution in [0.3, 0.4) is 0 Å². The third-order valence-corrected chi connectivity index (χ3v) is 7.61. The van der Waals surface area contributed by atoms with Crippen LogP contribution in [-0.4, -0.2) is 25.0 Å². The SMILES string of the molecule is COc1ccc(/C=C2\C(=O)NC(=O)N(c3ccc(OCc4ccccc4)cc3)C2=O)c(OCc2c(C)ccc3ccccc23)c1. The van der Waals surface area contributed by atoms with Crippen LogP contribution >= 0.6 is 0 Å². The van der Waals surface area contributed by atoms with E-state index in [1.807, 2.05) is 67.6 Å². The van der Waals surface area contributed by atoms with E-state index in [4.69, 9.17) is 14.2 Å². The molecule has 1 heterocycles. The molecule has 0 radical (unpaired) electrons. The van der Waals surface area contributed by atoms with Crippen molar-refractivity contribution in [1.82, 2.24) is 5.32 Å². The van der Waals surface area contributed by atoms with Crippen LogP contribution in [0.4, 0.5) is 10.5 Å². The fraction of sp³-hybridized carbons (Fsp3) is 0.108. The maximum atomic E-state index is 13.6. The summed E-state index contributed by atoms with van der Waals surface area (Å²) in [6.45, 7) is 2.65. The van der Waals surface area contributed by atoms with E-state index < -0.39 is 17.8 Å². The van der Waals surface area contributed by atoms with Crippen LogP contribution in [0.5, 0.6) is 17.2 Å². The highest BCUT2D eigenvalue weighted by molar-refractivity contribution is 6.39. The van der Waals surface area contributed by atoms with Gasteiger partial charge in [0.15, 0.2) is 0 Å². The van der Waals surface area contributed by atoms with Gasteiger partial charge in [-0.3, -0.25) is 14.9 Å². The lowest BCUT2D eigenvalue weighted by molar-refractivity contribution is -0.122. The molecule has 1 aliphatic rings. The molecule has 8 heteroatoms. The molecule has 0 unspecified atom stereocenters. The number of aryl methyl sites for hydroxylation is 1. The standard InChI is InChI=1S/C37H30N2O6/c1-24-12-13-26-10-6-7-11-31(26)33(24)23-45-34-21-30(43-2)17-14-27(34)20-32-35(40)38-37(42)39(36(32)41)28-15-18-29(19-16-28)44-22-25-8-4-3-5-9-25/h3-21H,22-23H2,1-2H3,(H,38,40,42)/b32-20+. The zero-order valence-electron chi connectivity index (χ0n) is 24.8. The minimum absolute atomic E-state index is 0.213. The number of anilines is 1. The Hall–Kier alpha value is -5.89. The molecule has 0 aliphatic carbocycles. The number of amides is 4. The molecule has 0 atom stereocenters. The van der Waals surface area contributed by atoms with Crippen molar-refractivity contribution >= 4 is 40.4 Å². The third-order valence-electron chi connectivity index (χ3n) is 7.61. The molecule has 45 heavy (non-hydrogen) atoms. The Morgan fingerprint density at radius 3 is 2.27 bits per heavy atom. The topological polar surface area (TPSA) is 94.2 Å². The van der Waals surface area contributed by atoms with E-state index in [0.717, 1.165) is 32.4 Å². The number of hydrogen-bond acceptors (Lipinski definition) is 6. The van der Waals surface area contributed by atoms with Crippen molar-refractivity contribution in [3.63, 3.8) is 0 Å². The van der Waals surface area contributed by atoms with E-state index in [1.54, 1.807) is 49.6 Å². The van der Waals surface area contributed by atoms with Gasteiger partial charge < -0.3 is 14.2 Å². The van der Waals surface area contributed by atoms with Gasteiger partial charge in [-0.1, -0.05) is 66.7 Å². The Balaban J connectivity index is 1.26. The number of urea groups is 1. The second-order valence-electron chi connectivity index (χ2n) is 10.5. The lowest BCUT2D eigenvalue weighted by Gasteiger charge is -2.26. The van der Waals surface area contributed by atoms with Gasteiger partial charge in [-0.15, -0.1) is 0 Å². The molecule has 4 amide bonds. The normalized spacial score (nSPS) is 14.0. The summed E-state index contributed by atoms with van der Waals surface area (Å²) >= 11 is 0. The van der Waals surface area contributed by atoms with Gasteiger partial charge in [-0.25, -0.2) is 9.69 Å². The zero-order valence-corrected chi connectivity index (χ0v) is 24.8. The maximum absolute atomic E-state index is 13.6. The number of fused-ring (bicyclic) bond motifs is 1. The first kappa shape index (κ1) is 29.2. The molecule has 1 fully saturated rings. The first-order valence-corrected chi connectivity index (χ1v) is 14.4. The van der Waals surface area contributed by atoms with Crippen LogP contribution in [0.1, 0.15) is 22.3 Å². The number of imide groups is 2. The number of carbonyl (C=O) groups is 3. The second kappa shape index (κ2) is 12.8. The largest absolute Gasteiger partial charge is 0.497 e. The summed E-state index contributed by atoms with van der Waals surface area (Å²) in [6.07, 6.45) is 1.43. The van der Waals surface area contributed by atoms with Crippen molar-refractivity contribution in [2.75, 3.05) is 12.0 Å². The van der Waals surface area contributed by atoms with Crippen LogP contribution in [0.25, 0.3) is 16.8 Å². The van der Waals surface area contributed by atoms with E-state index in [2.05, 4.69) is 11.4 Å². The number of barbiturate groups is 1. The van der Waals surface area contributed by atoms with Gasteiger partial charge in [-0.05, 0) is 71.3 Å². The summed E-state index contributed by atoms with van der Waals surface area (Å²) in [7, 11) is 1.55. The van der Waals surface area contributed by atoms with Gasteiger partial charge in [0.25, 0.3) is 11.8 Å². The average molecular weight is 599 g/mol. The van der Waals surface area contributed by atoms with Gasteiger partial charge in [-0.2, -0.15) is 0 Å². The first-order chi connectivity index (χ1) is 21.9.